The Morgan fingerprint density at radius 2 is 1.89 bits per heavy atom. The maximum atomic E-state index is 10.6. The van der Waals surface area contributed by atoms with Crippen LogP contribution >= 0.6 is 0 Å². The van der Waals surface area contributed by atoms with E-state index in [2.05, 4.69) is 23.5 Å². The second-order valence-corrected chi connectivity index (χ2v) is 5.07. The summed E-state index contributed by atoms with van der Waals surface area (Å²) >= 11 is 0. The van der Waals surface area contributed by atoms with E-state index < -0.39 is 6.10 Å². The lowest BCUT2D eigenvalue weighted by atomic mass is 9.92. The lowest BCUT2D eigenvalue weighted by molar-refractivity contribution is 0.115. The number of hydrogen-bond donors (Lipinski definition) is 2. The van der Waals surface area contributed by atoms with Gasteiger partial charge in [0.1, 0.15) is 0 Å². The standard InChI is InChI=1S/C16H19NO/c18-16(15-10-3-4-11-17-15)14-9-5-7-12-6-1-2-8-13(12)14/h1-2,5-9,15-18H,3-4,10-11H2/t15-,16-/m0/s1. The van der Waals surface area contributed by atoms with Crippen molar-refractivity contribution in [2.75, 3.05) is 6.54 Å². The van der Waals surface area contributed by atoms with Crippen molar-refractivity contribution in [3.8, 4) is 0 Å². The molecule has 2 heteroatoms. The van der Waals surface area contributed by atoms with Crippen molar-refractivity contribution in [3.05, 3.63) is 48.0 Å². The molecule has 18 heavy (non-hydrogen) atoms. The minimum absolute atomic E-state index is 0.199. The number of benzene rings is 2. The topological polar surface area (TPSA) is 32.3 Å². The molecule has 0 unspecified atom stereocenters. The number of fused-ring (bicyclic) bond motifs is 1. The Morgan fingerprint density at radius 3 is 2.72 bits per heavy atom. The summed E-state index contributed by atoms with van der Waals surface area (Å²) in [5, 5.41) is 16.4. The summed E-state index contributed by atoms with van der Waals surface area (Å²) in [4.78, 5) is 0. The molecule has 1 fully saturated rings. The molecule has 1 saturated heterocycles. The molecule has 2 aromatic rings. The van der Waals surface area contributed by atoms with E-state index in [4.69, 9.17) is 0 Å². The van der Waals surface area contributed by atoms with Gasteiger partial charge in [-0.1, -0.05) is 48.9 Å². The molecule has 2 aromatic carbocycles. The summed E-state index contributed by atoms with van der Waals surface area (Å²) in [5.41, 5.74) is 1.05. The Balaban J connectivity index is 1.97. The molecule has 0 bridgehead atoms. The summed E-state index contributed by atoms with van der Waals surface area (Å²) < 4.78 is 0. The van der Waals surface area contributed by atoms with Crippen LogP contribution in [-0.2, 0) is 0 Å². The van der Waals surface area contributed by atoms with E-state index in [1.54, 1.807) is 0 Å². The van der Waals surface area contributed by atoms with Gasteiger partial charge in [0.05, 0.1) is 6.10 Å². The number of aliphatic hydroxyl groups excluding tert-OH is 1. The van der Waals surface area contributed by atoms with Crippen LogP contribution in [0.5, 0.6) is 0 Å². The Labute approximate surface area is 108 Å². The van der Waals surface area contributed by atoms with Gasteiger partial charge in [0.2, 0.25) is 0 Å². The van der Waals surface area contributed by atoms with E-state index in [-0.39, 0.29) is 6.04 Å². The van der Waals surface area contributed by atoms with Gasteiger partial charge in [-0.25, -0.2) is 0 Å². The molecule has 0 aliphatic carbocycles. The fourth-order valence-corrected chi connectivity index (χ4v) is 2.87. The van der Waals surface area contributed by atoms with Crippen molar-refractivity contribution >= 4 is 10.8 Å². The third kappa shape index (κ3) is 2.14. The highest BCUT2D eigenvalue weighted by Crippen LogP contribution is 2.28. The molecule has 1 heterocycles. The number of hydrogen-bond acceptors (Lipinski definition) is 2. The van der Waals surface area contributed by atoms with Gasteiger partial charge in [0.25, 0.3) is 0 Å². The van der Waals surface area contributed by atoms with E-state index in [1.165, 1.54) is 23.6 Å². The van der Waals surface area contributed by atoms with Gasteiger partial charge >= 0.3 is 0 Å². The summed E-state index contributed by atoms with van der Waals surface area (Å²) in [6, 6.07) is 14.6. The van der Waals surface area contributed by atoms with Gasteiger partial charge in [-0.3, -0.25) is 0 Å². The predicted molar refractivity (Wildman–Crippen MR) is 74.5 cm³/mol. The van der Waals surface area contributed by atoms with Crippen molar-refractivity contribution in [3.63, 3.8) is 0 Å². The van der Waals surface area contributed by atoms with Crippen molar-refractivity contribution in [1.29, 1.82) is 0 Å². The summed E-state index contributed by atoms with van der Waals surface area (Å²) in [5.74, 6) is 0. The monoisotopic (exact) mass is 241 g/mol. The fraction of sp³-hybridized carbons (Fsp3) is 0.375. The van der Waals surface area contributed by atoms with Gasteiger partial charge in [-0.2, -0.15) is 0 Å². The summed E-state index contributed by atoms with van der Waals surface area (Å²) in [6.07, 6.45) is 3.08. The van der Waals surface area contributed by atoms with Gasteiger partial charge in [0, 0.05) is 6.04 Å². The molecule has 94 valence electrons. The molecule has 0 amide bonds. The smallest absolute Gasteiger partial charge is 0.0948 e. The van der Waals surface area contributed by atoms with Crippen LogP contribution in [-0.4, -0.2) is 17.7 Å². The first-order valence-electron chi connectivity index (χ1n) is 6.75. The number of nitrogens with one attached hydrogen (secondary N) is 1. The van der Waals surface area contributed by atoms with Crippen LogP contribution in [0, 0.1) is 0 Å². The Hall–Kier alpha value is -1.38. The second-order valence-electron chi connectivity index (χ2n) is 5.07. The summed E-state index contributed by atoms with van der Waals surface area (Å²) in [7, 11) is 0. The zero-order valence-electron chi connectivity index (χ0n) is 10.5. The van der Waals surface area contributed by atoms with Crippen LogP contribution in [0.15, 0.2) is 42.5 Å². The molecule has 2 nitrogen and oxygen atoms in total. The molecule has 2 N–H and O–H groups in total. The van der Waals surface area contributed by atoms with Gasteiger partial charge in [0.15, 0.2) is 0 Å². The van der Waals surface area contributed by atoms with E-state index in [0.29, 0.717) is 0 Å². The van der Waals surface area contributed by atoms with Crippen LogP contribution in [0.2, 0.25) is 0 Å². The lowest BCUT2D eigenvalue weighted by Gasteiger charge is -2.28. The maximum absolute atomic E-state index is 10.6. The molecule has 0 spiro atoms. The average molecular weight is 241 g/mol. The second kappa shape index (κ2) is 5.09. The molecule has 0 radical (unpaired) electrons. The lowest BCUT2D eigenvalue weighted by Crippen LogP contribution is -2.38. The molecule has 0 aromatic heterocycles. The summed E-state index contributed by atoms with van der Waals surface area (Å²) in [6.45, 7) is 1.02. The zero-order chi connectivity index (χ0) is 12.4. The first-order chi connectivity index (χ1) is 8.86. The van der Waals surface area contributed by atoms with Crippen LogP contribution in [0.4, 0.5) is 0 Å². The molecular weight excluding hydrogens is 222 g/mol. The van der Waals surface area contributed by atoms with Crippen molar-refractivity contribution in [2.45, 2.75) is 31.4 Å². The largest absolute Gasteiger partial charge is 0.387 e. The highest BCUT2D eigenvalue weighted by atomic mass is 16.3. The van der Waals surface area contributed by atoms with Crippen LogP contribution in [0.3, 0.4) is 0 Å². The number of rotatable bonds is 2. The maximum Gasteiger partial charge on any atom is 0.0948 e. The predicted octanol–water partition coefficient (Wildman–Crippen LogP) is 3.02. The van der Waals surface area contributed by atoms with Gasteiger partial charge < -0.3 is 10.4 Å². The quantitative estimate of drug-likeness (QED) is 0.847. The fourth-order valence-electron chi connectivity index (χ4n) is 2.87. The number of aliphatic hydroxyl groups is 1. The Kier molecular flexibility index (Phi) is 3.31. The van der Waals surface area contributed by atoms with E-state index in [9.17, 15) is 5.11 Å². The minimum atomic E-state index is -0.406. The molecule has 1 aliphatic heterocycles. The Morgan fingerprint density at radius 1 is 1.06 bits per heavy atom. The van der Waals surface area contributed by atoms with Crippen molar-refractivity contribution in [1.82, 2.24) is 5.32 Å². The first kappa shape index (κ1) is 11.7. The molecule has 0 saturated carbocycles. The van der Waals surface area contributed by atoms with E-state index in [0.717, 1.165) is 18.5 Å². The molecule has 3 rings (SSSR count). The highest BCUT2D eigenvalue weighted by molar-refractivity contribution is 5.86. The number of piperidine rings is 1. The molecular formula is C16H19NO. The van der Waals surface area contributed by atoms with Crippen molar-refractivity contribution < 1.29 is 5.11 Å². The van der Waals surface area contributed by atoms with Crippen LogP contribution in [0.1, 0.15) is 30.9 Å². The van der Waals surface area contributed by atoms with E-state index >= 15 is 0 Å². The van der Waals surface area contributed by atoms with Gasteiger partial charge in [-0.15, -0.1) is 0 Å². The highest BCUT2D eigenvalue weighted by Gasteiger charge is 2.23. The minimum Gasteiger partial charge on any atom is -0.387 e. The normalized spacial score (nSPS) is 21.9. The van der Waals surface area contributed by atoms with Gasteiger partial charge in [-0.05, 0) is 35.7 Å². The van der Waals surface area contributed by atoms with Crippen LogP contribution in [0.25, 0.3) is 10.8 Å². The first-order valence-corrected chi connectivity index (χ1v) is 6.75. The Bertz CT molecular complexity index is 526. The van der Waals surface area contributed by atoms with Crippen LogP contribution < -0.4 is 5.32 Å². The van der Waals surface area contributed by atoms with Crippen molar-refractivity contribution in [2.24, 2.45) is 0 Å². The molecule has 2 atom stereocenters. The third-order valence-corrected chi connectivity index (χ3v) is 3.87. The SMILES string of the molecule is O[C@@H](c1cccc2ccccc12)[C@@H]1CCCCN1. The van der Waals surface area contributed by atoms with E-state index in [1.807, 2.05) is 24.3 Å². The zero-order valence-corrected chi connectivity index (χ0v) is 10.5. The third-order valence-electron chi connectivity index (χ3n) is 3.87. The molecule has 1 aliphatic rings. The average Bonchev–Trinajstić information content (AvgIpc) is 2.47.